The number of hydrogen-bond donors (Lipinski definition) is 2. The van der Waals surface area contributed by atoms with Gasteiger partial charge in [0, 0.05) is 12.6 Å². The molecule has 0 aliphatic heterocycles. The number of benzene rings is 1. The molecule has 21 heavy (non-hydrogen) atoms. The lowest BCUT2D eigenvalue weighted by molar-refractivity contribution is 0.0908. The molecule has 1 amide bonds. The highest BCUT2D eigenvalue weighted by atomic mass is 19.1. The van der Waals surface area contributed by atoms with Crippen LogP contribution >= 0.6 is 0 Å². The summed E-state index contributed by atoms with van der Waals surface area (Å²) in [5.41, 5.74) is 5.75. The maximum absolute atomic E-state index is 13.9. The van der Waals surface area contributed by atoms with Gasteiger partial charge in [-0.1, -0.05) is 25.3 Å². The average molecular weight is 294 g/mol. The summed E-state index contributed by atoms with van der Waals surface area (Å²) >= 11 is 0. The Kier molecular flexibility index (Phi) is 5.56. The van der Waals surface area contributed by atoms with Gasteiger partial charge in [0.1, 0.15) is 17.1 Å². The molecule has 1 fully saturated rings. The molecule has 1 saturated carbocycles. The number of methoxy groups -OCH3 is 1. The summed E-state index contributed by atoms with van der Waals surface area (Å²) in [4.78, 5) is 12.4. The van der Waals surface area contributed by atoms with Gasteiger partial charge in [-0.3, -0.25) is 4.79 Å². The molecule has 1 aliphatic rings. The Morgan fingerprint density at radius 1 is 1.43 bits per heavy atom. The molecule has 3 N–H and O–H groups in total. The minimum atomic E-state index is -0.578. The molecule has 1 atom stereocenters. The number of carbonyl (C=O) groups is 1. The summed E-state index contributed by atoms with van der Waals surface area (Å²) in [6.45, 7) is 0.368. The van der Waals surface area contributed by atoms with E-state index in [2.05, 4.69) is 5.32 Å². The second kappa shape index (κ2) is 7.41. The minimum absolute atomic E-state index is 0.0470. The van der Waals surface area contributed by atoms with Crippen molar-refractivity contribution in [1.82, 2.24) is 5.32 Å². The van der Waals surface area contributed by atoms with Crippen LogP contribution in [-0.4, -0.2) is 25.6 Å². The number of amides is 1. The smallest absolute Gasteiger partial charge is 0.258 e. The molecular formula is C16H23FN2O2. The molecule has 1 aliphatic carbocycles. The van der Waals surface area contributed by atoms with Gasteiger partial charge >= 0.3 is 0 Å². The molecule has 116 valence electrons. The fraction of sp³-hybridized carbons (Fsp3) is 0.562. The maximum atomic E-state index is 13.9. The van der Waals surface area contributed by atoms with Crippen LogP contribution in [0.3, 0.4) is 0 Å². The molecule has 0 aromatic heterocycles. The third-order valence-corrected chi connectivity index (χ3v) is 4.21. The topological polar surface area (TPSA) is 64.3 Å². The first-order valence-electron chi connectivity index (χ1n) is 7.50. The predicted molar refractivity (Wildman–Crippen MR) is 79.8 cm³/mol. The van der Waals surface area contributed by atoms with E-state index in [1.807, 2.05) is 0 Å². The average Bonchev–Trinajstić information content (AvgIpc) is 2.52. The van der Waals surface area contributed by atoms with Crippen molar-refractivity contribution in [3.63, 3.8) is 0 Å². The van der Waals surface area contributed by atoms with Crippen molar-refractivity contribution in [3.8, 4) is 5.75 Å². The van der Waals surface area contributed by atoms with Gasteiger partial charge in [0.25, 0.3) is 5.91 Å². The molecule has 2 rings (SSSR count). The van der Waals surface area contributed by atoms with Crippen LogP contribution in [0, 0.1) is 11.7 Å². The van der Waals surface area contributed by atoms with E-state index >= 15 is 0 Å². The van der Waals surface area contributed by atoms with Gasteiger partial charge < -0.3 is 15.8 Å². The Balaban J connectivity index is 2.12. The van der Waals surface area contributed by atoms with Crippen molar-refractivity contribution in [2.75, 3.05) is 13.7 Å². The number of nitrogens with two attached hydrogens (primary N) is 1. The lowest BCUT2D eigenvalue weighted by Crippen LogP contribution is -2.46. The van der Waals surface area contributed by atoms with Crippen molar-refractivity contribution in [3.05, 3.63) is 29.6 Å². The highest BCUT2D eigenvalue weighted by Crippen LogP contribution is 2.27. The zero-order chi connectivity index (χ0) is 15.2. The van der Waals surface area contributed by atoms with E-state index in [0.717, 1.165) is 12.8 Å². The summed E-state index contributed by atoms with van der Waals surface area (Å²) in [7, 11) is 1.42. The van der Waals surface area contributed by atoms with E-state index in [9.17, 15) is 9.18 Å². The van der Waals surface area contributed by atoms with E-state index in [1.165, 1.54) is 38.5 Å². The number of rotatable bonds is 5. The standard InChI is InChI=1S/C16H23FN2O2/c1-21-14-9-5-8-12(17)15(14)16(20)19-13(10-18)11-6-3-2-4-7-11/h5,8-9,11,13H,2-4,6-7,10,18H2,1H3,(H,19,20). The highest BCUT2D eigenvalue weighted by molar-refractivity contribution is 5.97. The fourth-order valence-corrected chi connectivity index (χ4v) is 3.04. The zero-order valence-corrected chi connectivity index (χ0v) is 12.4. The van der Waals surface area contributed by atoms with Gasteiger partial charge in [0.05, 0.1) is 7.11 Å². The first-order chi connectivity index (χ1) is 10.2. The fourth-order valence-electron chi connectivity index (χ4n) is 3.04. The van der Waals surface area contributed by atoms with Crippen LogP contribution in [0.1, 0.15) is 42.5 Å². The lowest BCUT2D eigenvalue weighted by atomic mass is 9.84. The van der Waals surface area contributed by atoms with Gasteiger partial charge in [-0.15, -0.1) is 0 Å². The Bertz CT molecular complexity index is 487. The minimum Gasteiger partial charge on any atom is -0.496 e. The van der Waals surface area contributed by atoms with Crippen LogP contribution < -0.4 is 15.8 Å². The summed E-state index contributed by atoms with van der Waals surface area (Å²) in [5.74, 6) is -0.408. The Labute approximate surface area is 124 Å². The number of ether oxygens (including phenoxy) is 1. The number of hydrogen-bond acceptors (Lipinski definition) is 3. The molecule has 0 saturated heterocycles. The Morgan fingerprint density at radius 3 is 2.76 bits per heavy atom. The molecular weight excluding hydrogens is 271 g/mol. The van der Waals surface area contributed by atoms with E-state index < -0.39 is 11.7 Å². The lowest BCUT2D eigenvalue weighted by Gasteiger charge is -2.30. The Morgan fingerprint density at radius 2 is 2.14 bits per heavy atom. The second-order valence-electron chi connectivity index (χ2n) is 5.53. The molecule has 0 radical (unpaired) electrons. The van der Waals surface area contributed by atoms with Gasteiger partial charge in [-0.05, 0) is 30.9 Å². The predicted octanol–water partition coefficient (Wildman–Crippen LogP) is 2.47. The van der Waals surface area contributed by atoms with E-state index in [0.29, 0.717) is 12.5 Å². The van der Waals surface area contributed by atoms with Gasteiger partial charge in [0.15, 0.2) is 0 Å². The quantitative estimate of drug-likeness (QED) is 0.877. The van der Waals surface area contributed by atoms with E-state index in [1.54, 1.807) is 6.07 Å². The number of halogens is 1. The summed E-state index contributed by atoms with van der Waals surface area (Å²) in [6.07, 6.45) is 5.70. The van der Waals surface area contributed by atoms with E-state index in [-0.39, 0.29) is 17.4 Å². The van der Waals surface area contributed by atoms with Gasteiger partial charge in [-0.2, -0.15) is 0 Å². The Hall–Kier alpha value is -1.62. The zero-order valence-electron chi connectivity index (χ0n) is 12.4. The first-order valence-corrected chi connectivity index (χ1v) is 7.50. The van der Waals surface area contributed by atoms with Crippen LogP contribution in [0.2, 0.25) is 0 Å². The first kappa shape index (κ1) is 15.8. The molecule has 1 aromatic rings. The number of carbonyl (C=O) groups excluding carboxylic acids is 1. The van der Waals surface area contributed by atoms with Crippen LogP contribution in [0.15, 0.2) is 18.2 Å². The van der Waals surface area contributed by atoms with Crippen molar-refractivity contribution >= 4 is 5.91 Å². The van der Waals surface area contributed by atoms with Crippen LogP contribution in [0.5, 0.6) is 5.75 Å². The van der Waals surface area contributed by atoms with Crippen LogP contribution in [0.4, 0.5) is 4.39 Å². The monoisotopic (exact) mass is 294 g/mol. The molecule has 1 aromatic carbocycles. The molecule has 0 bridgehead atoms. The van der Waals surface area contributed by atoms with Crippen molar-refractivity contribution < 1.29 is 13.9 Å². The van der Waals surface area contributed by atoms with Gasteiger partial charge in [-0.25, -0.2) is 4.39 Å². The van der Waals surface area contributed by atoms with E-state index in [4.69, 9.17) is 10.5 Å². The van der Waals surface area contributed by atoms with Crippen molar-refractivity contribution in [1.29, 1.82) is 0 Å². The summed E-state index contributed by atoms with van der Waals surface area (Å²) in [6, 6.07) is 4.25. The van der Waals surface area contributed by atoms with Crippen LogP contribution in [-0.2, 0) is 0 Å². The number of nitrogens with one attached hydrogen (secondary N) is 1. The van der Waals surface area contributed by atoms with Crippen molar-refractivity contribution in [2.45, 2.75) is 38.1 Å². The molecule has 0 heterocycles. The van der Waals surface area contributed by atoms with Gasteiger partial charge in [0.2, 0.25) is 0 Å². The third kappa shape index (κ3) is 3.73. The molecule has 5 heteroatoms. The largest absolute Gasteiger partial charge is 0.496 e. The molecule has 1 unspecified atom stereocenters. The van der Waals surface area contributed by atoms with Crippen LogP contribution in [0.25, 0.3) is 0 Å². The third-order valence-electron chi connectivity index (χ3n) is 4.21. The summed E-state index contributed by atoms with van der Waals surface area (Å²) < 4.78 is 19.0. The normalized spacial score (nSPS) is 17.3. The SMILES string of the molecule is COc1cccc(F)c1C(=O)NC(CN)C1CCCCC1. The van der Waals surface area contributed by atoms with Crippen molar-refractivity contribution in [2.24, 2.45) is 11.7 Å². The summed E-state index contributed by atoms with van der Waals surface area (Å²) in [5, 5.41) is 2.88. The molecule has 0 spiro atoms. The second-order valence-corrected chi connectivity index (χ2v) is 5.53. The maximum Gasteiger partial charge on any atom is 0.258 e. The highest BCUT2D eigenvalue weighted by Gasteiger charge is 2.26. The molecule has 4 nitrogen and oxygen atoms in total.